The number of hydrogen-bond donors (Lipinski definition) is 0. The molecule has 0 unspecified atom stereocenters. The van der Waals surface area contributed by atoms with Crippen LogP contribution in [0, 0.1) is 0 Å². The molecule has 146 valence electrons. The zero-order valence-corrected chi connectivity index (χ0v) is 16.8. The molecule has 2 heterocycles. The number of aromatic nitrogens is 3. The topological polar surface area (TPSA) is 66.2 Å². The van der Waals surface area contributed by atoms with Crippen molar-refractivity contribution in [2.24, 2.45) is 0 Å². The lowest BCUT2D eigenvalue weighted by molar-refractivity contribution is 0.0466. The van der Waals surface area contributed by atoms with E-state index in [9.17, 15) is 4.79 Å². The van der Waals surface area contributed by atoms with E-state index in [2.05, 4.69) is 9.97 Å². The SMILES string of the molecule is O=C(OCc1ccc(-n2ccnc2)cc1)c1csc(COc2ccc(Cl)cc2)n1. The maximum absolute atomic E-state index is 12.3. The fraction of sp³-hybridized carbons (Fsp3) is 0.0952. The molecular formula is C21H16ClN3O3S. The third kappa shape index (κ3) is 5.01. The van der Waals surface area contributed by atoms with Crippen molar-refractivity contribution in [2.45, 2.75) is 13.2 Å². The smallest absolute Gasteiger partial charge is 0.358 e. The lowest BCUT2D eigenvalue weighted by atomic mass is 10.2. The van der Waals surface area contributed by atoms with Gasteiger partial charge in [-0.2, -0.15) is 0 Å². The minimum atomic E-state index is -0.460. The van der Waals surface area contributed by atoms with Crippen LogP contribution in [0.1, 0.15) is 21.1 Å². The molecule has 0 N–H and O–H groups in total. The molecule has 0 radical (unpaired) electrons. The van der Waals surface area contributed by atoms with Gasteiger partial charge in [-0.3, -0.25) is 0 Å². The van der Waals surface area contributed by atoms with Crippen LogP contribution in [0.25, 0.3) is 5.69 Å². The van der Waals surface area contributed by atoms with Gasteiger partial charge in [-0.15, -0.1) is 11.3 Å². The quantitative estimate of drug-likeness (QED) is 0.393. The van der Waals surface area contributed by atoms with Gasteiger partial charge >= 0.3 is 5.97 Å². The number of imidazole rings is 1. The van der Waals surface area contributed by atoms with Gasteiger partial charge < -0.3 is 14.0 Å². The van der Waals surface area contributed by atoms with E-state index < -0.39 is 5.97 Å². The van der Waals surface area contributed by atoms with Crippen LogP contribution in [-0.2, 0) is 18.0 Å². The van der Waals surface area contributed by atoms with Gasteiger partial charge in [-0.1, -0.05) is 23.7 Å². The Bertz CT molecular complexity index is 1080. The molecule has 4 rings (SSSR count). The number of ether oxygens (including phenoxy) is 2. The molecule has 6 nitrogen and oxygen atoms in total. The molecule has 0 aliphatic rings. The van der Waals surface area contributed by atoms with Crippen molar-refractivity contribution in [1.82, 2.24) is 14.5 Å². The molecular weight excluding hydrogens is 410 g/mol. The molecule has 29 heavy (non-hydrogen) atoms. The molecule has 4 aromatic rings. The number of benzene rings is 2. The Kier molecular flexibility index (Phi) is 5.88. The average Bonchev–Trinajstić information content (AvgIpc) is 3.44. The highest BCUT2D eigenvalue weighted by molar-refractivity contribution is 7.09. The van der Waals surface area contributed by atoms with Gasteiger partial charge in [0, 0.05) is 28.5 Å². The largest absolute Gasteiger partial charge is 0.486 e. The van der Waals surface area contributed by atoms with Crippen molar-refractivity contribution in [3.63, 3.8) is 0 Å². The number of esters is 1. The van der Waals surface area contributed by atoms with Crippen molar-refractivity contribution in [2.75, 3.05) is 0 Å². The van der Waals surface area contributed by atoms with E-state index in [1.165, 1.54) is 11.3 Å². The summed E-state index contributed by atoms with van der Waals surface area (Å²) in [7, 11) is 0. The van der Waals surface area contributed by atoms with Gasteiger partial charge in [-0.05, 0) is 42.0 Å². The molecule has 0 amide bonds. The predicted molar refractivity (Wildman–Crippen MR) is 111 cm³/mol. The van der Waals surface area contributed by atoms with Crippen LogP contribution < -0.4 is 4.74 Å². The third-order valence-corrected chi connectivity index (χ3v) is 5.12. The first-order valence-corrected chi connectivity index (χ1v) is 10.0. The van der Waals surface area contributed by atoms with Crippen molar-refractivity contribution in [3.05, 3.63) is 93.9 Å². The van der Waals surface area contributed by atoms with Crippen LogP contribution in [0.3, 0.4) is 0 Å². The van der Waals surface area contributed by atoms with E-state index in [-0.39, 0.29) is 18.9 Å². The van der Waals surface area contributed by atoms with Gasteiger partial charge in [0.05, 0.1) is 6.33 Å². The zero-order chi connectivity index (χ0) is 20.1. The summed E-state index contributed by atoms with van der Waals surface area (Å²) in [6, 6.07) is 14.8. The third-order valence-electron chi connectivity index (χ3n) is 4.05. The lowest BCUT2D eigenvalue weighted by Crippen LogP contribution is -2.06. The highest BCUT2D eigenvalue weighted by atomic mass is 35.5. The van der Waals surface area contributed by atoms with Gasteiger partial charge in [-0.25, -0.2) is 14.8 Å². The summed E-state index contributed by atoms with van der Waals surface area (Å²) in [6.07, 6.45) is 5.31. The fourth-order valence-corrected chi connectivity index (χ4v) is 3.35. The summed E-state index contributed by atoms with van der Waals surface area (Å²) >= 11 is 7.20. The summed E-state index contributed by atoms with van der Waals surface area (Å²) in [6.45, 7) is 0.451. The van der Waals surface area contributed by atoms with Crippen molar-refractivity contribution < 1.29 is 14.3 Å². The van der Waals surface area contributed by atoms with Crippen LogP contribution in [0.2, 0.25) is 5.02 Å². The van der Waals surface area contributed by atoms with Crippen molar-refractivity contribution >= 4 is 28.9 Å². The number of thiazole rings is 1. The maximum atomic E-state index is 12.3. The second-order valence-corrected chi connectivity index (χ2v) is 7.46. The summed E-state index contributed by atoms with van der Waals surface area (Å²) in [4.78, 5) is 20.6. The molecule has 0 spiro atoms. The zero-order valence-electron chi connectivity index (χ0n) is 15.2. The summed E-state index contributed by atoms with van der Waals surface area (Å²) in [5, 5.41) is 3.01. The molecule has 0 aliphatic heterocycles. The number of carbonyl (C=O) groups is 1. The lowest BCUT2D eigenvalue weighted by Gasteiger charge is -2.06. The molecule has 2 aromatic heterocycles. The van der Waals surface area contributed by atoms with Crippen LogP contribution in [0.5, 0.6) is 5.75 Å². The number of hydrogen-bond acceptors (Lipinski definition) is 6. The normalized spacial score (nSPS) is 10.7. The average molecular weight is 426 g/mol. The highest BCUT2D eigenvalue weighted by Crippen LogP contribution is 2.19. The van der Waals surface area contributed by atoms with Gasteiger partial charge in [0.15, 0.2) is 5.69 Å². The van der Waals surface area contributed by atoms with Crippen LogP contribution in [0.15, 0.2) is 72.6 Å². The van der Waals surface area contributed by atoms with Crippen LogP contribution >= 0.6 is 22.9 Å². The molecule has 0 bridgehead atoms. The first kappa shape index (κ1) is 19.2. The molecule has 0 aliphatic carbocycles. The minimum absolute atomic E-state index is 0.178. The molecule has 0 saturated heterocycles. The van der Waals surface area contributed by atoms with E-state index in [1.54, 1.807) is 42.2 Å². The summed E-state index contributed by atoms with van der Waals surface area (Å²) in [5.74, 6) is 0.227. The van der Waals surface area contributed by atoms with Gasteiger partial charge in [0.1, 0.15) is 24.0 Å². The molecule has 2 aromatic carbocycles. The summed E-state index contributed by atoms with van der Waals surface area (Å²) < 4.78 is 12.9. The first-order valence-electron chi connectivity index (χ1n) is 8.74. The Morgan fingerprint density at radius 1 is 1.07 bits per heavy atom. The minimum Gasteiger partial charge on any atom is -0.486 e. The Morgan fingerprint density at radius 3 is 2.59 bits per heavy atom. The fourth-order valence-electron chi connectivity index (χ4n) is 2.55. The second-order valence-electron chi connectivity index (χ2n) is 6.08. The number of carbonyl (C=O) groups excluding carboxylic acids is 1. The number of halogens is 1. The van der Waals surface area contributed by atoms with Crippen LogP contribution in [0.4, 0.5) is 0 Å². The van der Waals surface area contributed by atoms with E-state index in [4.69, 9.17) is 21.1 Å². The number of nitrogens with zero attached hydrogens (tertiary/aromatic N) is 3. The van der Waals surface area contributed by atoms with Gasteiger partial charge in [0.25, 0.3) is 0 Å². The Morgan fingerprint density at radius 2 is 1.86 bits per heavy atom. The molecule has 0 atom stereocenters. The van der Waals surface area contributed by atoms with Crippen molar-refractivity contribution in [1.29, 1.82) is 0 Å². The van der Waals surface area contributed by atoms with Crippen molar-refractivity contribution in [3.8, 4) is 11.4 Å². The number of rotatable bonds is 7. The summed E-state index contributed by atoms with van der Waals surface area (Å²) in [5.41, 5.74) is 2.16. The Balaban J connectivity index is 1.29. The van der Waals surface area contributed by atoms with E-state index in [0.717, 1.165) is 11.3 Å². The Hall–Kier alpha value is -3.16. The van der Waals surface area contributed by atoms with E-state index >= 15 is 0 Å². The Labute approximate surface area is 176 Å². The van der Waals surface area contributed by atoms with E-state index in [1.807, 2.05) is 35.0 Å². The maximum Gasteiger partial charge on any atom is 0.358 e. The monoisotopic (exact) mass is 425 g/mol. The first-order chi connectivity index (χ1) is 14.2. The molecule has 8 heteroatoms. The highest BCUT2D eigenvalue weighted by Gasteiger charge is 2.13. The van der Waals surface area contributed by atoms with E-state index in [0.29, 0.717) is 15.8 Å². The van der Waals surface area contributed by atoms with Crippen LogP contribution in [-0.4, -0.2) is 20.5 Å². The standard InChI is InChI=1S/C21H16ClN3O3S/c22-16-3-7-18(8-4-16)27-12-20-24-19(13-29-20)21(26)28-11-15-1-5-17(6-2-15)25-10-9-23-14-25/h1-10,13-14H,11-12H2. The molecule has 0 fully saturated rings. The van der Waals surface area contributed by atoms with Gasteiger partial charge in [0.2, 0.25) is 0 Å². The molecule has 0 saturated carbocycles. The second kappa shape index (κ2) is 8.89. The predicted octanol–water partition coefficient (Wildman–Crippen LogP) is 4.92.